The minimum absolute atomic E-state index is 0.0463. The van der Waals surface area contributed by atoms with Crippen LogP contribution in [-0.4, -0.2) is 30.2 Å². The van der Waals surface area contributed by atoms with Gasteiger partial charge in [0.25, 0.3) is 0 Å². The molecular formula is C14H24IN3O2. The fourth-order valence-electron chi connectivity index (χ4n) is 1.92. The van der Waals surface area contributed by atoms with Crippen LogP contribution in [-0.2, 0) is 16.1 Å². The number of anilines is 1. The summed E-state index contributed by atoms with van der Waals surface area (Å²) in [5.74, 6) is 1.61. The Kier molecular flexibility index (Phi) is 8.32. The topological polar surface area (TPSA) is 56.3 Å². The van der Waals surface area contributed by atoms with E-state index in [4.69, 9.17) is 9.47 Å². The van der Waals surface area contributed by atoms with Crippen molar-refractivity contribution in [2.24, 2.45) is 0 Å². The molecule has 1 unspecified atom stereocenters. The van der Waals surface area contributed by atoms with Crippen molar-refractivity contribution in [3.05, 3.63) is 15.1 Å². The molecule has 1 aromatic heterocycles. The molecule has 1 aromatic rings. The van der Waals surface area contributed by atoms with Crippen molar-refractivity contribution in [1.29, 1.82) is 0 Å². The molecule has 114 valence electrons. The average molecular weight is 393 g/mol. The second-order valence-corrected chi connectivity index (χ2v) is 5.47. The highest BCUT2D eigenvalue weighted by Gasteiger charge is 2.19. The average Bonchev–Trinajstić information content (AvgIpc) is 2.43. The number of hydrogen-bond donors (Lipinski definition) is 1. The first-order chi connectivity index (χ1) is 9.67. The molecule has 0 aliphatic heterocycles. The molecule has 0 radical (unpaired) electrons. The van der Waals surface area contributed by atoms with Crippen molar-refractivity contribution in [1.82, 2.24) is 9.97 Å². The summed E-state index contributed by atoms with van der Waals surface area (Å²) in [6, 6.07) is 0. The van der Waals surface area contributed by atoms with E-state index in [1.165, 1.54) is 0 Å². The summed E-state index contributed by atoms with van der Waals surface area (Å²) in [6.07, 6.45) is 1.91. The SMILES string of the molecule is CCCC(OCC)c1nc(COC)c(I)c(NCC)n1. The van der Waals surface area contributed by atoms with E-state index in [2.05, 4.69) is 51.7 Å². The number of nitrogens with zero attached hydrogens (tertiary/aromatic N) is 2. The van der Waals surface area contributed by atoms with Gasteiger partial charge in [-0.1, -0.05) is 13.3 Å². The molecule has 0 fully saturated rings. The molecule has 20 heavy (non-hydrogen) atoms. The van der Waals surface area contributed by atoms with E-state index in [0.717, 1.165) is 40.3 Å². The van der Waals surface area contributed by atoms with Gasteiger partial charge in [0.15, 0.2) is 5.82 Å². The van der Waals surface area contributed by atoms with Crippen LogP contribution in [0.15, 0.2) is 0 Å². The first kappa shape index (κ1) is 17.6. The van der Waals surface area contributed by atoms with Gasteiger partial charge in [-0.15, -0.1) is 0 Å². The third kappa shape index (κ3) is 4.82. The number of methoxy groups -OCH3 is 1. The van der Waals surface area contributed by atoms with E-state index in [0.29, 0.717) is 13.2 Å². The highest BCUT2D eigenvalue weighted by molar-refractivity contribution is 14.1. The van der Waals surface area contributed by atoms with Gasteiger partial charge in [-0.3, -0.25) is 0 Å². The minimum Gasteiger partial charge on any atom is -0.378 e. The molecule has 0 saturated carbocycles. The maximum atomic E-state index is 5.78. The molecule has 1 N–H and O–H groups in total. The van der Waals surface area contributed by atoms with Crippen LogP contribution in [0.4, 0.5) is 5.82 Å². The zero-order valence-corrected chi connectivity index (χ0v) is 14.9. The molecule has 1 rings (SSSR count). The molecule has 0 bridgehead atoms. The van der Waals surface area contributed by atoms with Gasteiger partial charge in [-0.2, -0.15) is 0 Å². The van der Waals surface area contributed by atoms with Gasteiger partial charge in [0.1, 0.15) is 11.9 Å². The van der Waals surface area contributed by atoms with Crippen LogP contribution >= 0.6 is 22.6 Å². The molecule has 5 nitrogen and oxygen atoms in total. The summed E-state index contributed by atoms with van der Waals surface area (Å²) in [5.41, 5.74) is 0.912. The predicted octanol–water partition coefficient (Wildman–Crippen LogP) is 3.54. The van der Waals surface area contributed by atoms with Crippen LogP contribution in [0.5, 0.6) is 0 Å². The van der Waals surface area contributed by atoms with E-state index < -0.39 is 0 Å². The van der Waals surface area contributed by atoms with Crippen LogP contribution < -0.4 is 5.32 Å². The summed E-state index contributed by atoms with van der Waals surface area (Å²) in [4.78, 5) is 9.27. The Morgan fingerprint density at radius 2 is 2.00 bits per heavy atom. The van der Waals surface area contributed by atoms with Gasteiger partial charge in [0, 0.05) is 20.3 Å². The Balaban J connectivity index is 3.15. The number of hydrogen-bond acceptors (Lipinski definition) is 5. The molecule has 0 amide bonds. The fraction of sp³-hybridized carbons (Fsp3) is 0.714. The van der Waals surface area contributed by atoms with Crippen molar-refractivity contribution in [2.45, 2.75) is 46.3 Å². The molecule has 0 aromatic carbocycles. The molecule has 6 heteroatoms. The zero-order valence-electron chi connectivity index (χ0n) is 12.7. The lowest BCUT2D eigenvalue weighted by Gasteiger charge is -2.18. The van der Waals surface area contributed by atoms with Crippen molar-refractivity contribution >= 4 is 28.4 Å². The monoisotopic (exact) mass is 393 g/mol. The standard InChI is InChI=1S/C14H24IN3O2/c1-5-8-11(20-7-3)13-17-10(9-19-4)12(15)14(18-13)16-6-2/h11H,5-9H2,1-4H3,(H,16,17,18). The molecular weight excluding hydrogens is 369 g/mol. The lowest BCUT2D eigenvalue weighted by Crippen LogP contribution is -2.15. The number of aromatic nitrogens is 2. The van der Waals surface area contributed by atoms with E-state index in [1.54, 1.807) is 7.11 Å². The highest BCUT2D eigenvalue weighted by atomic mass is 127. The fourth-order valence-corrected chi connectivity index (χ4v) is 2.51. The predicted molar refractivity (Wildman–Crippen MR) is 88.9 cm³/mol. The van der Waals surface area contributed by atoms with Gasteiger partial charge in [-0.25, -0.2) is 9.97 Å². The summed E-state index contributed by atoms with van der Waals surface area (Å²) in [7, 11) is 1.68. The van der Waals surface area contributed by atoms with E-state index >= 15 is 0 Å². The largest absolute Gasteiger partial charge is 0.378 e. The van der Waals surface area contributed by atoms with Crippen molar-refractivity contribution < 1.29 is 9.47 Å². The molecule has 0 saturated heterocycles. The van der Waals surface area contributed by atoms with Crippen molar-refractivity contribution in [3.63, 3.8) is 0 Å². The second kappa shape index (κ2) is 9.46. The van der Waals surface area contributed by atoms with Crippen LogP contribution in [0.25, 0.3) is 0 Å². The molecule has 1 heterocycles. The number of ether oxygens (including phenoxy) is 2. The first-order valence-corrected chi connectivity index (χ1v) is 8.16. The quantitative estimate of drug-likeness (QED) is 0.651. The lowest BCUT2D eigenvalue weighted by atomic mass is 10.2. The smallest absolute Gasteiger partial charge is 0.159 e. The molecule has 0 spiro atoms. The van der Waals surface area contributed by atoms with Gasteiger partial charge in [0.2, 0.25) is 0 Å². The Bertz CT molecular complexity index is 382. The summed E-state index contributed by atoms with van der Waals surface area (Å²) < 4.78 is 12.0. The van der Waals surface area contributed by atoms with Crippen molar-refractivity contribution in [3.8, 4) is 0 Å². The number of halogens is 1. The summed E-state index contributed by atoms with van der Waals surface area (Å²) >= 11 is 2.26. The molecule has 1 atom stereocenters. The maximum absolute atomic E-state index is 5.78. The van der Waals surface area contributed by atoms with E-state index in [1.807, 2.05) is 6.92 Å². The summed E-state index contributed by atoms with van der Waals surface area (Å²) in [5, 5.41) is 3.28. The first-order valence-electron chi connectivity index (χ1n) is 7.08. The van der Waals surface area contributed by atoms with E-state index in [-0.39, 0.29) is 6.10 Å². The Labute approximate surface area is 135 Å². The molecule has 0 aliphatic carbocycles. The minimum atomic E-state index is -0.0463. The number of nitrogens with one attached hydrogen (secondary N) is 1. The third-order valence-electron chi connectivity index (χ3n) is 2.77. The Morgan fingerprint density at radius 3 is 2.55 bits per heavy atom. The van der Waals surface area contributed by atoms with Gasteiger partial charge >= 0.3 is 0 Å². The Hall–Kier alpha value is -0.470. The van der Waals surface area contributed by atoms with E-state index in [9.17, 15) is 0 Å². The van der Waals surface area contributed by atoms with Gasteiger partial charge in [0.05, 0.1) is 15.9 Å². The van der Waals surface area contributed by atoms with Crippen LogP contribution in [0, 0.1) is 3.57 Å². The van der Waals surface area contributed by atoms with Crippen LogP contribution in [0.2, 0.25) is 0 Å². The van der Waals surface area contributed by atoms with Crippen LogP contribution in [0.1, 0.15) is 51.2 Å². The van der Waals surface area contributed by atoms with Gasteiger partial charge in [-0.05, 0) is 42.9 Å². The molecule has 0 aliphatic rings. The third-order valence-corrected chi connectivity index (χ3v) is 3.90. The Morgan fingerprint density at radius 1 is 1.25 bits per heavy atom. The van der Waals surface area contributed by atoms with Gasteiger partial charge < -0.3 is 14.8 Å². The summed E-state index contributed by atoms with van der Waals surface area (Å²) in [6.45, 7) is 8.16. The van der Waals surface area contributed by atoms with Crippen molar-refractivity contribution in [2.75, 3.05) is 25.6 Å². The normalized spacial score (nSPS) is 12.4. The maximum Gasteiger partial charge on any atom is 0.159 e. The van der Waals surface area contributed by atoms with Crippen LogP contribution in [0.3, 0.4) is 0 Å². The second-order valence-electron chi connectivity index (χ2n) is 4.39. The zero-order chi connectivity index (χ0) is 15.0. The lowest BCUT2D eigenvalue weighted by molar-refractivity contribution is 0.0489. The highest BCUT2D eigenvalue weighted by Crippen LogP contribution is 2.25. The number of rotatable bonds is 9.